The average molecular weight is 417 g/mol. The molecule has 2 amide bonds. The lowest BCUT2D eigenvalue weighted by atomic mass is 10.1. The van der Waals surface area contributed by atoms with Crippen molar-refractivity contribution in [3.8, 4) is 0 Å². The number of carbonyl (C=O) groups excluding carboxylic acids is 2. The number of carbonyl (C=O) groups is 3. The molecule has 1 rings (SSSR count). The average Bonchev–Trinajstić information content (AvgIpc) is 2.63. The molecule has 0 aliphatic rings. The molecule has 1 heterocycles. The van der Waals surface area contributed by atoms with E-state index in [0.717, 1.165) is 6.20 Å². The number of pyridine rings is 1. The van der Waals surface area contributed by atoms with Crippen LogP contribution in [0.5, 0.6) is 0 Å². The molecule has 156 valence electrons. The van der Waals surface area contributed by atoms with Gasteiger partial charge in [-0.15, -0.1) is 0 Å². The first-order chi connectivity index (χ1) is 13.1. The molecule has 0 bridgehead atoms. The lowest BCUT2D eigenvalue weighted by Crippen LogP contribution is -2.35. The zero-order chi connectivity index (χ0) is 21.4. The number of nitrogens with zero attached hydrogens (tertiary/aromatic N) is 3. The van der Waals surface area contributed by atoms with Crippen LogP contribution in [0.25, 0.3) is 0 Å². The van der Waals surface area contributed by atoms with E-state index in [0.29, 0.717) is 5.56 Å². The minimum atomic E-state index is -2.66. The summed E-state index contributed by atoms with van der Waals surface area (Å²) in [6, 6.07) is 1.34. The molecule has 3 N–H and O–H groups in total. The van der Waals surface area contributed by atoms with E-state index in [1.54, 1.807) is 20.8 Å². The van der Waals surface area contributed by atoms with Gasteiger partial charge in [0.05, 0.1) is 12.1 Å². The van der Waals surface area contributed by atoms with E-state index < -0.39 is 27.5 Å². The first kappa shape index (κ1) is 23.7. The van der Waals surface area contributed by atoms with Crippen LogP contribution in [0, 0.1) is 5.92 Å². The SMILES string of the molecule is CCN(Cc1cc(C(=O)O)cnc1N(C)C(=O)C(C)C)C(=O)OCOP(O)O. The van der Waals surface area contributed by atoms with Gasteiger partial charge in [0.1, 0.15) is 5.82 Å². The molecule has 0 fully saturated rings. The number of carboxylic acids is 1. The summed E-state index contributed by atoms with van der Waals surface area (Å²) in [5.74, 6) is -1.51. The van der Waals surface area contributed by atoms with Crippen molar-refractivity contribution in [1.82, 2.24) is 9.88 Å². The highest BCUT2D eigenvalue weighted by molar-refractivity contribution is 7.39. The van der Waals surface area contributed by atoms with E-state index in [2.05, 4.69) is 9.51 Å². The Morgan fingerprint density at radius 3 is 2.43 bits per heavy atom. The van der Waals surface area contributed by atoms with Crippen molar-refractivity contribution >= 4 is 32.4 Å². The Hall–Kier alpha value is -2.33. The summed E-state index contributed by atoms with van der Waals surface area (Å²) < 4.78 is 9.18. The number of hydrogen-bond acceptors (Lipinski definition) is 8. The molecule has 12 heteroatoms. The maximum atomic E-state index is 12.3. The fourth-order valence-electron chi connectivity index (χ4n) is 2.26. The summed E-state index contributed by atoms with van der Waals surface area (Å²) >= 11 is 0. The highest BCUT2D eigenvalue weighted by atomic mass is 31.2. The predicted octanol–water partition coefficient (Wildman–Crippen LogP) is 1.54. The lowest BCUT2D eigenvalue weighted by molar-refractivity contribution is -0.121. The van der Waals surface area contributed by atoms with Crippen LogP contribution >= 0.6 is 8.60 Å². The Morgan fingerprint density at radius 2 is 1.93 bits per heavy atom. The molecule has 28 heavy (non-hydrogen) atoms. The topological polar surface area (TPSA) is 150 Å². The van der Waals surface area contributed by atoms with E-state index in [1.165, 1.54) is 22.9 Å². The van der Waals surface area contributed by atoms with Gasteiger partial charge in [0.25, 0.3) is 0 Å². The first-order valence-corrected chi connectivity index (χ1v) is 9.47. The molecule has 1 aromatic rings. The molecule has 1 aromatic heterocycles. The standard InChI is InChI=1S/C16H24N3O8P/c1-5-19(16(23)26-9-27-28(24)25)8-12-6-11(15(21)22)7-17-13(12)18(4)14(20)10(2)3/h6-7,10,24-25H,5,8-9H2,1-4H3,(H,21,22). The number of amides is 2. The van der Waals surface area contributed by atoms with Gasteiger partial charge in [0.15, 0.2) is 0 Å². The molecule has 0 saturated carbocycles. The van der Waals surface area contributed by atoms with Crippen LogP contribution in [0.1, 0.15) is 36.7 Å². The predicted molar refractivity (Wildman–Crippen MR) is 99.3 cm³/mol. The van der Waals surface area contributed by atoms with E-state index in [9.17, 15) is 19.5 Å². The smallest absolute Gasteiger partial charge is 0.412 e. The Bertz CT molecular complexity index is 713. The van der Waals surface area contributed by atoms with Crippen molar-refractivity contribution in [2.75, 3.05) is 25.3 Å². The number of rotatable bonds is 9. The summed E-state index contributed by atoms with van der Waals surface area (Å²) in [6.07, 6.45) is 0.322. The van der Waals surface area contributed by atoms with Crippen molar-refractivity contribution in [3.63, 3.8) is 0 Å². The third kappa shape index (κ3) is 6.68. The minimum absolute atomic E-state index is 0.0818. The summed E-state index contributed by atoms with van der Waals surface area (Å²) in [4.78, 5) is 59.7. The minimum Gasteiger partial charge on any atom is -0.478 e. The maximum Gasteiger partial charge on any atom is 0.412 e. The van der Waals surface area contributed by atoms with Crippen LogP contribution in [0.4, 0.5) is 10.6 Å². The van der Waals surface area contributed by atoms with Gasteiger partial charge in [0.2, 0.25) is 12.7 Å². The fraction of sp³-hybridized carbons (Fsp3) is 0.500. The van der Waals surface area contributed by atoms with E-state index in [-0.39, 0.29) is 36.3 Å². The highest BCUT2D eigenvalue weighted by Gasteiger charge is 2.23. The van der Waals surface area contributed by atoms with Crippen molar-refractivity contribution in [2.45, 2.75) is 27.3 Å². The highest BCUT2D eigenvalue weighted by Crippen LogP contribution is 2.24. The van der Waals surface area contributed by atoms with Gasteiger partial charge >= 0.3 is 20.7 Å². The quantitative estimate of drug-likeness (QED) is 0.402. The zero-order valence-electron chi connectivity index (χ0n) is 16.0. The normalized spacial score (nSPS) is 10.9. The van der Waals surface area contributed by atoms with Gasteiger partial charge in [0, 0.05) is 31.3 Å². The second-order valence-corrected chi connectivity index (χ2v) is 6.75. The largest absolute Gasteiger partial charge is 0.478 e. The van der Waals surface area contributed by atoms with Crippen LogP contribution in [0.15, 0.2) is 12.3 Å². The van der Waals surface area contributed by atoms with Gasteiger partial charge in [-0.25, -0.2) is 14.6 Å². The molecule has 0 unspecified atom stereocenters. The summed E-state index contributed by atoms with van der Waals surface area (Å²) in [7, 11) is -1.14. The number of ether oxygens (including phenoxy) is 1. The van der Waals surface area contributed by atoms with Gasteiger partial charge in [-0.3, -0.25) is 14.2 Å². The van der Waals surface area contributed by atoms with Crippen molar-refractivity contribution < 1.29 is 38.5 Å². The number of aromatic nitrogens is 1. The zero-order valence-corrected chi connectivity index (χ0v) is 16.9. The van der Waals surface area contributed by atoms with E-state index in [1.807, 2.05) is 0 Å². The molecule has 11 nitrogen and oxygen atoms in total. The summed E-state index contributed by atoms with van der Waals surface area (Å²) in [5.41, 5.74) is 0.241. The molecule has 0 spiro atoms. The van der Waals surface area contributed by atoms with Gasteiger partial charge in [-0.1, -0.05) is 13.8 Å². The van der Waals surface area contributed by atoms with Crippen molar-refractivity contribution in [1.29, 1.82) is 0 Å². The van der Waals surface area contributed by atoms with E-state index in [4.69, 9.17) is 14.5 Å². The Kier molecular flexibility index (Phi) is 9.20. The van der Waals surface area contributed by atoms with Gasteiger partial charge in [-0.2, -0.15) is 0 Å². The van der Waals surface area contributed by atoms with Crippen LogP contribution in [0.3, 0.4) is 0 Å². The van der Waals surface area contributed by atoms with Gasteiger partial charge < -0.3 is 24.5 Å². The molecule has 0 aliphatic heterocycles. The Balaban J connectivity index is 3.13. The number of aromatic carboxylic acids is 1. The van der Waals surface area contributed by atoms with E-state index >= 15 is 0 Å². The van der Waals surface area contributed by atoms with Crippen LogP contribution in [-0.4, -0.2) is 63.1 Å². The summed E-state index contributed by atoms with van der Waals surface area (Å²) in [6.45, 7) is 4.57. The molecule has 0 aliphatic carbocycles. The molecule has 0 saturated heterocycles. The Morgan fingerprint density at radius 1 is 1.29 bits per heavy atom. The van der Waals surface area contributed by atoms with Gasteiger partial charge in [-0.05, 0) is 13.0 Å². The second-order valence-electron chi connectivity index (χ2n) is 5.99. The monoisotopic (exact) mass is 417 g/mol. The van der Waals surface area contributed by atoms with Crippen LogP contribution < -0.4 is 4.90 Å². The molecule has 0 radical (unpaired) electrons. The molecule has 0 aromatic carbocycles. The maximum absolute atomic E-state index is 12.3. The first-order valence-electron chi connectivity index (χ1n) is 8.30. The third-order valence-electron chi connectivity index (χ3n) is 3.68. The van der Waals surface area contributed by atoms with Crippen LogP contribution in [-0.2, 0) is 20.6 Å². The fourth-order valence-corrected chi connectivity index (χ4v) is 2.40. The van der Waals surface area contributed by atoms with Crippen molar-refractivity contribution in [2.24, 2.45) is 5.92 Å². The number of carboxylic acid groups (broad SMARTS) is 1. The number of hydrogen-bond donors (Lipinski definition) is 3. The molecular weight excluding hydrogens is 393 g/mol. The lowest BCUT2D eigenvalue weighted by Gasteiger charge is -2.25. The third-order valence-corrected chi connectivity index (χ3v) is 4.02. The second kappa shape index (κ2) is 10.9. The van der Waals surface area contributed by atoms with Crippen molar-refractivity contribution in [3.05, 3.63) is 23.4 Å². The summed E-state index contributed by atoms with van der Waals surface area (Å²) in [5, 5.41) is 9.22. The van der Waals surface area contributed by atoms with Crippen LogP contribution in [0.2, 0.25) is 0 Å². The number of anilines is 1. The molecule has 0 atom stereocenters. The molecular formula is C16H24N3O8P. The Labute approximate surface area is 163 Å².